The Morgan fingerprint density at radius 1 is 1.28 bits per heavy atom. The van der Waals surface area contributed by atoms with E-state index >= 15 is 0 Å². The molecule has 2 bridgehead atoms. The molecule has 2 unspecified atom stereocenters. The number of carbonyl (C=O) groups is 1. The van der Waals surface area contributed by atoms with E-state index in [2.05, 4.69) is 6.08 Å². The van der Waals surface area contributed by atoms with E-state index in [4.69, 9.17) is 0 Å². The van der Waals surface area contributed by atoms with Crippen molar-refractivity contribution in [2.24, 2.45) is 17.3 Å². The summed E-state index contributed by atoms with van der Waals surface area (Å²) in [5.74, 6) is -1.20. The van der Waals surface area contributed by atoms with Crippen molar-refractivity contribution in [3.8, 4) is 0 Å². The summed E-state index contributed by atoms with van der Waals surface area (Å²) in [7, 11) is 0. The highest BCUT2D eigenvalue weighted by atomic mass is 19.4. The normalized spacial score (nSPS) is 26.1. The lowest BCUT2D eigenvalue weighted by Crippen LogP contribution is -2.22. The smallest absolute Gasteiger partial charge is 0.416 e. The second kappa shape index (κ2) is 8.93. The van der Waals surface area contributed by atoms with Crippen molar-refractivity contribution in [2.45, 2.75) is 76.8 Å². The maximum Gasteiger partial charge on any atom is 0.416 e. The van der Waals surface area contributed by atoms with Gasteiger partial charge < -0.3 is 5.11 Å². The molecule has 2 nitrogen and oxygen atoms in total. The van der Waals surface area contributed by atoms with Gasteiger partial charge in [-0.25, -0.2) is 0 Å². The van der Waals surface area contributed by atoms with Crippen molar-refractivity contribution in [3.05, 3.63) is 47.5 Å². The van der Waals surface area contributed by atoms with E-state index < -0.39 is 29.5 Å². The molecule has 2 fully saturated rings. The van der Waals surface area contributed by atoms with Gasteiger partial charge in [0.1, 0.15) is 0 Å². The maximum absolute atomic E-state index is 13.2. The molecular weight excluding hydrogens is 377 g/mol. The quantitative estimate of drug-likeness (QED) is 0.438. The molecule has 0 radical (unpaired) electrons. The number of benzene rings is 1. The van der Waals surface area contributed by atoms with E-state index in [1.807, 2.05) is 13.0 Å². The summed E-state index contributed by atoms with van der Waals surface area (Å²) >= 11 is 0. The molecule has 0 heterocycles. The first kappa shape index (κ1) is 21.9. The number of hydrogen-bond acceptors (Lipinski definition) is 1. The molecule has 2 atom stereocenters. The minimum absolute atomic E-state index is 0.419. The predicted molar refractivity (Wildman–Crippen MR) is 108 cm³/mol. The third-order valence-corrected chi connectivity index (χ3v) is 7.04. The van der Waals surface area contributed by atoms with Crippen LogP contribution in [0.4, 0.5) is 13.2 Å². The zero-order valence-electron chi connectivity index (χ0n) is 17.0. The van der Waals surface area contributed by atoms with Crippen LogP contribution < -0.4 is 0 Å². The first-order chi connectivity index (χ1) is 13.7. The minimum Gasteiger partial charge on any atom is -0.481 e. The van der Waals surface area contributed by atoms with Crippen LogP contribution in [0.5, 0.6) is 0 Å². The number of rotatable bonds is 9. The molecule has 2 saturated carbocycles. The molecule has 1 aromatic carbocycles. The second-order valence-electron chi connectivity index (χ2n) is 9.02. The van der Waals surface area contributed by atoms with Crippen molar-refractivity contribution in [1.82, 2.24) is 0 Å². The maximum atomic E-state index is 13.2. The van der Waals surface area contributed by atoms with E-state index in [0.717, 1.165) is 24.5 Å². The van der Waals surface area contributed by atoms with Crippen LogP contribution in [0, 0.1) is 17.3 Å². The first-order valence-corrected chi connectivity index (χ1v) is 10.8. The van der Waals surface area contributed by atoms with Crippen LogP contribution in [0.3, 0.4) is 0 Å². The molecule has 160 valence electrons. The number of fused-ring (bicyclic) bond motifs is 2. The molecule has 0 spiro atoms. The van der Waals surface area contributed by atoms with Crippen LogP contribution in [0.1, 0.15) is 81.8 Å². The van der Waals surface area contributed by atoms with Crippen molar-refractivity contribution in [3.63, 3.8) is 0 Å². The standard InChI is InChI=1S/C24H31F3O2/c1-2-6-21(22(28)29)20(18-7-5-8-19(15-18)24(25,26)27)9-3-4-12-23-13-10-17(16-23)11-14-23/h3-5,7-8,15,17,20-21H,2,6,9-14,16H2,1H3,(H,28,29). The molecule has 0 amide bonds. The van der Waals surface area contributed by atoms with E-state index in [1.165, 1.54) is 38.2 Å². The van der Waals surface area contributed by atoms with Crippen LogP contribution in [-0.2, 0) is 11.0 Å². The van der Waals surface area contributed by atoms with Crippen LogP contribution in [-0.4, -0.2) is 11.1 Å². The van der Waals surface area contributed by atoms with Gasteiger partial charge in [0.05, 0.1) is 11.5 Å². The number of hydrogen-bond donors (Lipinski definition) is 1. The third-order valence-electron chi connectivity index (χ3n) is 7.04. The molecule has 0 aliphatic heterocycles. The van der Waals surface area contributed by atoms with Crippen molar-refractivity contribution >= 4 is 5.97 Å². The minimum atomic E-state index is -4.43. The molecule has 2 aliphatic carbocycles. The number of carboxylic acid groups (broad SMARTS) is 1. The number of carboxylic acids is 1. The summed E-state index contributed by atoms with van der Waals surface area (Å²) in [4.78, 5) is 11.9. The molecule has 3 rings (SSSR count). The Kier molecular flexibility index (Phi) is 6.75. The summed E-state index contributed by atoms with van der Waals surface area (Å²) in [5.41, 5.74) is 0.166. The van der Waals surface area contributed by atoms with Crippen LogP contribution in [0.15, 0.2) is 36.4 Å². The van der Waals surface area contributed by atoms with Gasteiger partial charge in [-0.15, -0.1) is 0 Å². The second-order valence-corrected chi connectivity index (χ2v) is 9.02. The monoisotopic (exact) mass is 408 g/mol. The topological polar surface area (TPSA) is 37.3 Å². The van der Waals surface area contributed by atoms with Gasteiger partial charge in [0.25, 0.3) is 0 Å². The lowest BCUT2D eigenvalue weighted by atomic mass is 9.79. The Labute approximate surface area is 171 Å². The lowest BCUT2D eigenvalue weighted by Gasteiger charge is -2.26. The Balaban J connectivity index is 1.78. The molecule has 0 aromatic heterocycles. The van der Waals surface area contributed by atoms with Gasteiger partial charge in [-0.3, -0.25) is 4.79 Å². The summed E-state index contributed by atoms with van der Waals surface area (Å²) in [6.45, 7) is 1.91. The zero-order valence-corrected chi connectivity index (χ0v) is 17.0. The number of halogens is 3. The third kappa shape index (κ3) is 5.23. The van der Waals surface area contributed by atoms with Crippen LogP contribution >= 0.6 is 0 Å². The van der Waals surface area contributed by atoms with E-state index in [0.29, 0.717) is 30.2 Å². The van der Waals surface area contributed by atoms with Gasteiger partial charge in [0.2, 0.25) is 0 Å². The molecule has 29 heavy (non-hydrogen) atoms. The zero-order chi connectivity index (χ0) is 21.1. The van der Waals surface area contributed by atoms with Gasteiger partial charge in [0, 0.05) is 5.92 Å². The van der Waals surface area contributed by atoms with E-state index in [1.54, 1.807) is 6.07 Å². The fourth-order valence-corrected chi connectivity index (χ4v) is 5.46. The summed E-state index contributed by atoms with van der Waals surface area (Å²) in [6, 6.07) is 5.19. The highest BCUT2D eigenvalue weighted by Gasteiger charge is 2.43. The SMILES string of the molecule is CCCC(C(=O)O)C(CC=CCC12CCC(CC1)C2)c1cccc(C(F)(F)F)c1. The van der Waals surface area contributed by atoms with Gasteiger partial charge in [-0.1, -0.05) is 43.7 Å². The Morgan fingerprint density at radius 3 is 2.55 bits per heavy atom. The highest BCUT2D eigenvalue weighted by molar-refractivity contribution is 5.71. The van der Waals surface area contributed by atoms with Crippen molar-refractivity contribution in [1.29, 1.82) is 0 Å². The van der Waals surface area contributed by atoms with Crippen LogP contribution in [0.25, 0.3) is 0 Å². The van der Waals surface area contributed by atoms with Gasteiger partial charge >= 0.3 is 12.1 Å². The van der Waals surface area contributed by atoms with Gasteiger partial charge in [0.15, 0.2) is 0 Å². The summed E-state index contributed by atoms with van der Waals surface area (Å²) in [5, 5.41) is 9.73. The van der Waals surface area contributed by atoms with Crippen molar-refractivity contribution < 1.29 is 23.1 Å². The number of aliphatic carboxylic acids is 1. The Bertz CT molecular complexity index is 730. The highest BCUT2D eigenvalue weighted by Crippen LogP contribution is 2.56. The average molecular weight is 409 g/mol. The number of allylic oxidation sites excluding steroid dienone is 2. The summed E-state index contributed by atoms with van der Waals surface area (Å²) in [6.07, 6.45) is 8.80. The lowest BCUT2D eigenvalue weighted by molar-refractivity contribution is -0.142. The fourth-order valence-electron chi connectivity index (χ4n) is 5.46. The predicted octanol–water partition coefficient (Wildman–Crippen LogP) is 7.21. The Morgan fingerprint density at radius 2 is 2.00 bits per heavy atom. The van der Waals surface area contributed by atoms with E-state index in [9.17, 15) is 23.1 Å². The molecule has 2 aliphatic rings. The van der Waals surface area contributed by atoms with Gasteiger partial charge in [-0.2, -0.15) is 13.2 Å². The molecule has 1 N–H and O–H groups in total. The largest absolute Gasteiger partial charge is 0.481 e. The van der Waals surface area contributed by atoms with E-state index in [-0.39, 0.29) is 0 Å². The molecule has 0 saturated heterocycles. The summed E-state index contributed by atoms with van der Waals surface area (Å²) < 4.78 is 39.5. The van der Waals surface area contributed by atoms with Gasteiger partial charge in [-0.05, 0) is 74.3 Å². The fraction of sp³-hybridized carbons (Fsp3) is 0.625. The first-order valence-electron chi connectivity index (χ1n) is 10.8. The number of alkyl halides is 3. The molecule has 5 heteroatoms. The van der Waals surface area contributed by atoms with Crippen LogP contribution in [0.2, 0.25) is 0 Å². The molecular formula is C24H31F3O2. The average Bonchev–Trinajstić information content (AvgIpc) is 3.27. The molecule has 1 aromatic rings. The van der Waals surface area contributed by atoms with Crippen molar-refractivity contribution in [2.75, 3.05) is 0 Å². The Hall–Kier alpha value is -1.78.